The zero-order valence-electron chi connectivity index (χ0n) is 13.1. The normalized spacial score (nSPS) is 11.6. The molecule has 1 heterocycles. The summed E-state index contributed by atoms with van der Waals surface area (Å²) < 4.78 is 11.3. The van der Waals surface area contributed by atoms with Crippen LogP contribution < -0.4 is 10.1 Å². The van der Waals surface area contributed by atoms with Gasteiger partial charge in [0, 0.05) is 11.1 Å². The van der Waals surface area contributed by atoms with E-state index >= 15 is 0 Å². The maximum Gasteiger partial charge on any atom is 0.247 e. The van der Waals surface area contributed by atoms with Crippen LogP contribution in [0.15, 0.2) is 28.7 Å². The molecule has 0 amide bonds. The average molecular weight is 289 g/mol. The molecule has 5 nitrogen and oxygen atoms in total. The van der Waals surface area contributed by atoms with Crippen LogP contribution in [-0.2, 0) is 6.54 Å². The first-order chi connectivity index (χ1) is 9.98. The highest BCUT2D eigenvalue weighted by Crippen LogP contribution is 2.23. The number of hydrogen-bond acceptors (Lipinski definition) is 5. The van der Waals surface area contributed by atoms with E-state index in [1.165, 1.54) is 0 Å². The van der Waals surface area contributed by atoms with Crippen LogP contribution in [0.3, 0.4) is 0 Å². The molecule has 0 aliphatic carbocycles. The van der Waals surface area contributed by atoms with E-state index in [0.717, 1.165) is 17.7 Å². The van der Waals surface area contributed by atoms with Gasteiger partial charge in [0.2, 0.25) is 11.8 Å². The molecule has 0 bridgehead atoms. The Morgan fingerprint density at radius 1 is 1.24 bits per heavy atom. The summed E-state index contributed by atoms with van der Waals surface area (Å²) in [7, 11) is 0. The second-order valence-corrected chi connectivity index (χ2v) is 5.98. The van der Waals surface area contributed by atoms with Crippen LogP contribution in [0.5, 0.6) is 5.75 Å². The molecule has 0 spiro atoms. The standard InChI is InChI=1S/C16H23N3O2/c1-5-9-20-13-8-6-7-12(10-13)15-19-18-14(21-15)11-17-16(2,3)4/h6-8,10,17H,5,9,11H2,1-4H3. The molecule has 5 heteroatoms. The average Bonchev–Trinajstić information content (AvgIpc) is 2.91. The van der Waals surface area contributed by atoms with Crippen molar-refractivity contribution in [1.29, 1.82) is 0 Å². The molecule has 21 heavy (non-hydrogen) atoms. The SMILES string of the molecule is CCCOc1cccc(-c2nnc(CNC(C)(C)C)o2)c1. The van der Waals surface area contributed by atoms with Crippen molar-refractivity contribution < 1.29 is 9.15 Å². The predicted octanol–water partition coefficient (Wildman–Crippen LogP) is 3.41. The molecule has 1 aromatic carbocycles. The van der Waals surface area contributed by atoms with Gasteiger partial charge in [0.1, 0.15) is 5.75 Å². The fourth-order valence-corrected chi connectivity index (χ4v) is 1.72. The van der Waals surface area contributed by atoms with Gasteiger partial charge < -0.3 is 14.5 Å². The summed E-state index contributed by atoms with van der Waals surface area (Å²) in [5, 5.41) is 11.5. The molecular formula is C16H23N3O2. The predicted molar refractivity (Wildman–Crippen MR) is 82.1 cm³/mol. The molecule has 0 unspecified atom stereocenters. The van der Waals surface area contributed by atoms with Gasteiger partial charge in [-0.1, -0.05) is 13.0 Å². The first kappa shape index (κ1) is 15.5. The Balaban J connectivity index is 2.06. The van der Waals surface area contributed by atoms with Crippen LogP contribution in [0.25, 0.3) is 11.5 Å². The number of rotatable bonds is 6. The second-order valence-electron chi connectivity index (χ2n) is 5.98. The number of nitrogens with one attached hydrogen (secondary N) is 1. The van der Waals surface area contributed by atoms with Gasteiger partial charge in [0.05, 0.1) is 13.2 Å². The molecule has 0 saturated carbocycles. The topological polar surface area (TPSA) is 60.2 Å². The van der Waals surface area contributed by atoms with Gasteiger partial charge in [-0.3, -0.25) is 0 Å². The molecule has 114 valence electrons. The van der Waals surface area contributed by atoms with Crippen molar-refractivity contribution in [2.75, 3.05) is 6.61 Å². The Morgan fingerprint density at radius 2 is 2.05 bits per heavy atom. The lowest BCUT2D eigenvalue weighted by molar-refractivity contribution is 0.317. The molecule has 1 aromatic heterocycles. The Morgan fingerprint density at radius 3 is 2.76 bits per heavy atom. The summed E-state index contributed by atoms with van der Waals surface area (Å²) in [5.74, 6) is 1.92. The summed E-state index contributed by atoms with van der Waals surface area (Å²) in [6.45, 7) is 9.63. The molecule has 0 atom stereocenters. The van der Waals surface area contributed by atoms with E-state index in [0.29, 0.717) is 24.9 Å². The Labute approximate surface area is 125 Å². The highest BCUT2D eigenvalue weighted by atomic mass is 16.5. The zero-order chi connectivity index (χ0) is 15.3. The van der Waals surface area contributed by atoms with Crippen molar-refractivity contribution in [3.8, 4) is 17.2 Å². The van der Waals surface area contributed by atoms with E-state index < -0.39 is 0 Å². The van der Waals surface area contributed by atoms with Crippen molar-refractivity contribution in [2.45, 2.75) is 46.2 Å². The molecule has 2 rings (SSSR count). The van der Waals surface area contributed by atoms with Gasteiger partial charge in [0.15, 0.2) is 0 Å². The summed E-state index contributed by atoms with van der Waals surface area (Å²) >= 11 is 0. The van der Waals surface area contributed by atoms with Gasteiger partial charge in [-0.05, 0) is 45.4 Å². The smallest absolute Gasteiger partial charge is 0.247 e. The van der Waals surface area contributed by atoms with Crippen LogP contribution in [0.1, 0.15) is 40.0 Å². The van der Waals surface area contributed by atoms with Gasteiger partial charge >= 0.3 is 0 Å². The number of ether oxygens (including phenoxy) is 1. The van der Waals surface area contributed by atoms with Crippen molar-refractivity contribution in [2.24, 2.45) is 0 Å². The Hall–Kier alpha value is -1.88. The highest BCUT2D eigenvalue weighted by Gasteiger charge is 2.13. The van der Waals surface area contributed by atoms with Gasteiger partial charge in [-0.15, -0.1) is 10.2 Å². The quantitative estimate of drug-likeness (QED) is 0.883. The molecule has 0 fully saturated rings. The van der Waals surface area contributed by atoms with Gasteiger partial charge in [0.25, 0.3) is 0 Å². The van der Waals surface area contributed by atoms with Crippen LogP contribution in [0, 0.1) is 0 Å². The van der Waals surface area contributed by atoms with E-state index in [4.69, 9.17) is 9.15 Å². The van der Waals surface area contributed by atoms with Crippen molar-refractivity contribution in [3.63, 3.8) is 0 Å². The first-order valence-electron chi connectivity index (χ1n) is 7.28. The summed E-state index contributed by atoms with van der Waals surface area (Å²) in [6, 6.07) is 7.71. The largest absolute Gasteiger partial charge is 0.494 e. The molecule has 0 aliphatic heterocycles. The van der Waals surface area contributed by atoms with Crippen LogP contribution >= 0.6 is 0 Å². The maximum atomic E-state index is 5.68. The molecule has 0 saturated heterocycles. The van der Waals surface area contributed by atoms with Crippen LogP contribution in [0.4, 0.5) is 0 Å². The maximum absolute atomic E-state index is 5.68. The van der Waals surface area contributed by atoms with E-state index in [2.05, 4.69) is 43.2 Å². The second kappa shape index (κ2) is 6.72. The molecule has 1 N–H and O–H groups in total. The minimum absolute atomic E-state index is 0.0164. The Kier molecular flexibility index (Phi) is 4.96. The highest BCUT2D eigenvalue weighted by molar-refractivity contribution is 5.55. The van der Waals surface area contributed by atoms with Gasteiger partial charge in [-0.2, -0.15) is 0 Å². The summed E-state index contributed by atoms with van der Waals surface area (Å²) in [6.07, 6.45) is 0.980. The fourth-order valence-electron chi connectivity index (χ4n) is 1.72. The molecule has 0 aliphatic rings. The number of aromatic nitrogens is 2. The Bertz CT molecular complexity index is 573. The van der Waals surface area contributed by atoms with Crippen LogP contribution in [-0.4, -0.2) is 22.3 Å². The fraction of sp³-hybridized carbons (Fsp3) is 0.500. The van der Waals surface area contributed by atoms with Gasteiger partial charge in [-0.25, -0.2) is 0 Å². The third-order valence-corrected chi connectivity index (χ3v) is 2.79. The monoisotopic (exact) mass is 289 g/mol. The van der Waals surface area contributed by atoms with E-state index in [1.807, 2.05) is 24.3 Å². The number of nitrogens with zero attached hydrogens (tertiary/aromatic N) is 2. The molecule has 2 aromatic rings. The van der Waals surface area contributed by atoms with Crippen molar-refractivity contribution in [1.82, 2.24) is 15.5 Å². The summed E-state index contributed by atoms with van der Waals surface area (Å²) in [5.41, 5.74) is 0.890. The van der Waals surface area contributed by atoms with E-state index in [1.54, 1.807) is 0 Å². The lowest BCUT2D eigenvalue weighted by atomic mass is 10.1. The van der Waals surface area contributed by atoms with Crippen molar-refractivity contribution in [3.05, 3.63) is 30.2 Å². The van der Waals surface area contributed by atoms with E-state index in [9.17, 15) is 0 Å². The van der Waals surface area contributed by atoms with Crippen LogP contribution in [0.2, 0.25) is 0 Å². The first-order valence-corrected chi connectivity index (χ1v) is 7.28. The zero-order valence-corrected chi connectivity index (χ0v) is 13.1. The lowest BCUT2D eigenvalue weighted by Gasteiger charge is -2.18. The third-order valence-electron chi connectivity index (χ3n) is 2.79. The third kappa shape index (κ3) is 4.86. The minimum atomic E-state index is 0.0164. The molecular weight excluding hydrogens is 266 g/mol. The minimum Gasteiger partial charge on any atom is -0.494 e. The summed E-state index contributed by atoms with van der Waals surface area (Å²) in [4.78, 5) is 0. The van der Waals surface area contributed by atoms with Crippen molar-refractivity contribution >= 4 is 0 Å². The molecule has 0 radical (unpaired) electrons. The number of benzene rings is 1. The lowest BCUT2D eigenvalue weighted by Crippen LogP contribution is -2.35. The number of hydrogen-bond donors (Lipinski definition) is 1. The van der Waals surface area contributed by atoms with E-state index in [-0.39, 0.29) is 5.54 Å².